The summed E-state index contributed by atoms with van der Waals surface area (Å²) >= 11 is 0. The van der Waals surface area contributed by atoms with Crippen molar-refractivity contribution in [3.05, 3.63) is 0 Å². The van der Waals surface area contributed by atoms with Crippen LogP contribution in [0.25, 0.3) is 0 Å². The summed E-state index contributed by atoms with van der Waals surface area (Å²) in [6.07, 6.45) is 7.88. The predicted octanol–water partition coefficient (Wildman–Crippen LogP) is 2.06. The largest absolute Gasteiger partial charge is 0.329 e. The summed E-state index contributed by atoms with van der Waals surface area (Å²) in [7, 11) is 0. The lowest BCUT2D eigenvalue weighted by Gasteiger charge is -2.49. The number of nitrogens with two attached hydrogens (primary N) is 1. The molecule has 2 rings (SSSR count). The molecule has 18 heavy (non-hydrogen) atoms. The van der Waals surface area contributed by atoms with E-state index in [1.54, 1.807) is 0 Å². The number of fused-ring (bicyclic) bond motifs is 1. The maximum atomic E-state index is 6.17. The first-order valence-electron chi connectivity index (χ1n) is 7.95. The minimum Gasteiger partial charge on any atom is -0.329 e. The van der Waals surface area contributed by atoms with Crippen molar-refractivity contribution in [2.45, 2.75) is 64.0 Å². The van der Waals surface area contributed by atoms with Crippen LogP contribution in [0.1, 0.15) is 52.4 Å². The average molecular weight is 253 g/mol. The molecule has 2 fully saturated rings. The molecule has 2 atom stereocenters. The summed E-state index contributed by atoms with van der Waals surface area (Å²) in [5.74, 6) is 0. The van der Waals surface area contributed by atoms with Crippen LogP contribution in [0.5, 0.6) is 0 Å². The third kappa shape index (κ3) is 2.73. The maximum Gasteiger partial charge on any atom is 0.0330 e. The lowest BCUT2D eigenvalue weighted by molar-refractivity contribution is 0.00963. The lowest BCUT2D eigenvalue weighted by Crippen LogP contribution is -2.61. The molecule has 3 nitrogen and oxygen atoms in total. The summed E-state index contributed by atoms with van der Waals surface area (Å²) in [5.41, 5.74) is 6.45. The second-order valence-corrected chi connectivity index (χ2v) is 6.16. The van der Waals surface area contributed by atoms with Crippen LogP contribution < -0.4 is 5.73 Å². The topological polar surface area (TPSA) is 32.5 Å². The zero-order chi connectivity index (χ0) is 13.0. The van der Waals surface area contributed by atoms with Crippen molar-refractivity contribution in [3.63, 3.8) is 0 Å². The van der Waals surface area contributed by atoms with E-state index in [-0.39, 0.29) is 5.54 Å². The summed E-state index contributed by atoms with van der Waals surface area (Å²) in [4.78, 5) is 5.42. The van der Waals surface area contributed by atoms with Crippen molar-refractivity contribution in [2.24, 2.45) is 5.73 Å². The molecule has 0 amide bonds. The molecule has 0 spiro atoms. The Bertz CT molecular complexity index is 250. The van der Waals surface area contributed by atoms with E-state index in [9.17, 15) is 0 Å². The second-order valence-electron chi connectivity index (χ2n) is 6.16. The molecular weight excluding hydrogens is 222 g/mol. The molecule has 0 aromatic rings. The van der Waals surface area contributed by atoms with Crippen molar-refractivity contribution in [1.82, 2.24) is 9.80 Å². The van der Waals surface area contributed by atoms with Gasteiger partial charge in [-0.2, -0.15) is 0 Å². The van der Waals surface area contributed by atoms with Gasteiger partial charge in [0.15, 0.2) is 0 Å². The summed E-state index contributed by atoms with van der Waals surface area (Å²) in [5, 5.41) is 0. The van der Waals surface area contributed by atoms with Crippen LogP contribution in [-0.2, 0) is 0 Å². The standard InChI is InChI=1S/C15H31N3/c1-3-5-8-15(4-2,13-16)18-11-10-17-9-6-7-14(17)12-18/h14H,3-13,16H2,1-2H3. The predicted molar refractivity (Wildman–Crippen MR) is 77.8 cm³/mol. The quantitative estimate of drug-likeness (QED) is 0.786. The Morgan fingerprint density at radius 2 is 2.06 bits per heavy atom. The molecule has 106 valence electrons. The number of rotatable bonds is 6. The second kappa shape index (κ2) is 6.36. The summed E-state index contributed by atoms with van der Waals surface area (Å²) < 4.78 is 0. The molecule has 2 aliphatic rings. The van der Waals surface area contributed by atoms with Gasteiger partial charge in [0.1, 0.15) is 0 Å². The molecule has 0 radical (unpaired) electrons. The Balaban J connectivity index is 2.01. The van der Waals surface area contributed by atoms with Crippen LogP contribution in [0.15, 0.2) is 0 Å². The van der Waals surface area contributed by atoms with E-state index in [2.05, 4.69) is 23.6 Å². The first-order chi connectivity index (χ1) is 8.75. The van der Waals surface area contributed by atoms with Gasteiger partial charge in [-0.05, 0) is 32.2 Å². The van der Waals surface area contributed by atoms with E-state index >= 15 is 0 Å². The van der Waals surface area contributed by atoms with Gasteiger partial charge in [-0.15, -0.1) is 0 Å². The number of hydrogen-bond donors (Lipinski definition) is 1. The molecule has 0 aliphatic carbocycles. The van der Waals surface area contributed by atoms with Crippen LogP contribution in [0, 0.1) is 0 Å². The fourth-order valence-electron chi connectivity index (χ4n) is 3.86. The molecule has 2 N–H and O–H groups in total. The number of unbranched alkanes of at least 4 members (excludes halogenated alkanes) is 1. The first-order valence-corrected chi connectivity index (χ1v) is 7.95. The van der Waals surface area contributed by atoms with E-state index in [0.717, 1.165) is 12.6 Å². The van der Waals surface area contributed by atoms with Gasteiger partial charge >= 0.3 is 0 Å². The van der Waals surface area contributed by atoms with Crippen molar-refractivity contribution in [1.29, 1.82) is 0 Å². The molecule has 0 aromatic carbocycles. The van der Waals surface area contributed by atoms with Crippen molar-refractivity contribution in [2.75, 3.05) is 32.7 Å². The molecule has 2 aliphatic heterocycles. The van der Waals surface area contributed by atoms with E-state index < -0.39 is 0 Å². The highest BCUT2D eigenvalue weighted by Gasteiger charge is 2.39. The van der Waals surface area contributed by atoms with Crippen molar-refractivity contribution < 1.29 is 0 Å². The fraction of sp³-hybridized carbons (Fsp3) is 1.00. The maximum absolute atomic E-state index is 6.17. The first kappa shape index (κ1) is 14.3. The average Bonchev–Trinajstić information content (AvgIpc) is 2.88. The fourth-order valence-corrected chi connectivity index (χ4v) is 3.86. The monoisotopic (exact) mass is 253 g/mol. The molecule has 0 bridgehead atoms. The highest BCUT2D eigenvalue weighted by atomic mass is 15.3. The van der Waals surface area contributed by atoms with Gasteiger partial charge < -0.3 is 5.73 Å². The zero-order valence-electron chi connectivity index (χ0n) is 12.3. The van der Waals surface area contributed by atoms with E-state index in [4.69, 9.17) is 5.73 Å². The summed E-state index contributed by atoms with van der Waals surface area (Å²) in [6, 6.07) is 0.817. The number of piperazine rings is 1. The van der Waals surface area contributed by atoms with Gasteiger partial charge in [0, 0.05) is 37.8 Å². The molecule has 0 aromatic heterocycles. The highest BCUT2D eigenvalue weighted by Crippen LogP contribution is 2.31. The normalized spacial score (nSPS) is 29.2. The molecule has 2 unspecified atom stereocenters. The Labute approximate surface area is 113 Å². The third-order valence-corrected chi connectivity index (χ3v) is 5.29. The van der Waals surface area contributed by atoms with E-state index in [1.165, 1.54) is 64.7 Å². The minimum absolute atomic E-state index is 0.282. The van der Waals surface area contributed by atoms with Crippen LogP contribution >= 0.6 is 0 Å². The van der Waals surface area contributed by atoms with E-state index in [1.807, 2.05) is 0 Å². The van der Waals surface area contributed by atoms with Crippen LogP contribution in [0.4, 0.5) is 0 Å². The molecular formula is C15H31N3. The van der Waals surface area contributed by atoms with Crippen LogP contribution in [0.3, 0.4) is 0 Å². The summed E-state index contributed by atoms with van der Waals surface area (Å²) in [6.45, 7) is 10.5. The molecule has 0 saturated carbocycles. The van der Waals surface area contributed by atoms with Crippen molar-refractivity contribution >= 4 is 0 Å². The van der Waals surface area contributed by atoms with Gasteiger partial charge in [0.2, 0.25) is 0 Å². The number of hydrogen-bond acceptors (Lipinski definition) is 3. The van der Waals surface area contributed by atoms with Gasteiger partial charge in [0.05, 0.1) is 0 Å². The van der Waals surface area contributed by atoms with Gasteiger partial charge in [0.25, 0.3) is 0 Å². The van der Waals surface area contributed by atoms with Crippen molar-refractivity contribution in [3.8, 4) is 0 Å². The minimum atomic E-state index is 0.282. The lowest BCUT2D eigenvalue weighted by atomic mass is 9.86. The highest BCUT2D eigenvalue weighted by molar-refractivity contribution is 4.97. The molecule has 2 saturated heterocycles. The SMILES string of the molecule is CCCCC(CC)(CN)N1CCN2CCCC2C1. The Morgan fingerprint density at radius 1 is 1.22 bits per heavy atom. The van der Waals surface area contributed by atoms with Crippen LogP contribution in [-0.4, -0.2) is 54.1 Å². The van der Waals surface area contributed by atoms with Gasteiger partial charge in [-0.25, -0.2) is 0 Å². The third-order valence-electron chi connectivity index (χ3n) is 5.29. The number of nitrogens with zero attached hydrogens (tertiary/aromatic N) is 2. The van der Waals surface area contributed by atoms with Gasteiger partial charge in [-0.1, -0.05) is 26.7 Å². The Kier molecular flexibility index (Phi) is 5.05. The van der Waals surface area contributed by atoms with Gasteiger partial charge in [-0.3, -0.25) is 9.80 Å². The smallest absolute Gasteiger partial charge is 0.0330 e. The molecule has 2 heterocycles. The van der Waals surface area contributed by atoms with E-state index in [0.29, 0.717) is 0 Å². The Hall–Kier alpha value is -0.120. The molecule has 3 heteroatoms. The Morgan fingerprint density at radius 3 is 2.72 bits per heavy atom. The zero-order valence-corrected chi connectivity index (χ0v) is 12.3. The van der Waals surface area contributed by atoms with Crippen LogP contribution in [0.2, 0.25) is 0 Å².